The molecule has 0 N–H and O–H groups in total. The molecular formula is C14H22N2O3. The Bertz CT molecular complexity index is 403. The number of ether oxygens (including phenoxy) is 1. The monoisotopic (exact) mass is 266 g/mol. The van der Waals surface area contributed by atoms with Crippen LogP contribution in [0.2, 0.25) is 0 Å². The third-order valence-corrected chi connectivity index (χ3v) is 3.47. The Morgan fingerprint density at radius 1 is 1.37 bits per heavy atom. The molecule has 1 aliphatic carbocycles. The fourth-order valence-electron chi connectivity index (χ4n) is 2.71. The highest BCUT2D eigenvalue weighted by Crippen LogP contribution is 2.29. The minimum Gasteiger partial charge on any atom is -0.405 e. The van der Waals surface area contributed by atoms with Gasteiger partial charge in [0.05, 0.1) is 0 Å². The molecule has 5 nitrogen and oxygen atoms in total. The van der Waals surface area contributed by atoms with Crippen LogP contribution in [0.3, 0.4) is 0 Å². The zero-order valence-corrected chi connectivity index (χ0v) is 11.9. The molecular weight excluding hydrogens is 244 g/mol. The molecule has 5 heteroatoms. The molecule has 1 aromatic heterocycles. The lowest BCUT2D eigenvalue weighted by molar-refractivity contribution is 0.0617. The zero-order valence-electron chi connectivity index (χ0n) is 11.9. The summed E-state index contributed by atoms with van der Waals surface area (Å²) in [6, 6.07) is 0.265. The molecule has 1 aliphatic rings. The van der Waals surface area contributed by atoms with Crippen molar-refractivity contribution < 1.29 is 14.1 Å². The summed E-state index contributed by atoms with van der Waals surface area (Å²) in [5.74, 6) is 0.357. The Kier molecular flexibility index (Phi) is 4.12. The van der Waals surface area contributed by atoms with Crippen LogP contribution < -0.4 is 4.74 Å². The summed E-state index contributed by atoms with van der Waals surface area (Å²) >= 11 is 0. The minimum atomic E-state index is -0.317. The largest absolute Gasteiger partial charge is 0.416 e. The quantitative estimate of drug-likeness (QED) is 0.820. The summed E-state index contributed by atoms with van der Waals surface area (Å²) in [4.78, 5) is 14.3. The number of carbonyl (C=O) groups is 1. The van der Waals surface area contributed by atoms with Gasteiger partial charge in [0, 0.05) is 11.6 Å². The number of amides is 1. The average Bonchev–Trinajstić information content (AvgIpc) is 2.81. The molecule has 1 amide bonds. The molecule has 0 radical (unpaired) electrons. The Morgan fingerprint density at radius 2 is 2.05 bits per heavy atom. The van der Waals surface area contributed by atoms with E-state index in [0.29, 0.717) is 5.75 Å². The van der Waals surface area contributed by atoms with Crippen molar-refractivity contribution in [3.8, 4) is 5.75 Å². The van der Waals surface area contributed by atoms with Crippen LogP contribution in [0, 0.1) is 0 Å². The number of aromatic nitrogens is 1. The van der Waals surface area contributed by atoms with E-state index < -0.39 is 0 Å². The Balaban J connectivity index is 2.10. The molecule has 0 unspecified atom stereocenters. The molecule has 19 heavy (non-hydrogen) atoms. The summed E-state index contributed by atoms with van der Waals surface area (Å²) < 4.78 is 10.0. The Hall–Kier alpha value is -1.52. The van der Waals surface area contributed by atoms with Crippen LogP contribution in [-0.4, -0.2) is 27.7 Å². The summed E-state index contributed by atoms with van der Waals surface area (Å²) in [5.41, 5.74) is -0.254. The molecule has 0 atom stereocenters. The summed E-state index contributed by atoms with van der Waals surface area (Å²) in [6.45, 7) is 6.11. The highest BCUT2D eigenvalue weighted by atomic mass is 16.6. The summed E-state index contributed by atoms with van der Waals surface area (Å²) in [5, 5.41) is 3.54. The predicted octanol–water partition coefficient (Wildman–Crippen LogP) is 3.61. The molecule has 0 spiro atoms. The van der Waals surface area contributed by atoms with Gasteiger partial charge in [0.2, 0.25) is 0 Å². The van der Waals surface area contributed by atoms with Crippen LogP contribution >= 0.6 is 0 Å². The van der Waals surface area contributed by atoms with Gasteiger partial charge in [-0.25, -0.2) is 4.79 Å². The maximum absolute atomic E-state index is 12.4. The highest BCUT2D eigenvalue weighted by Gasteiger charge is 2.35. The average molecular weight is 266 g/mol. The van der Waals surface area contributed by atoms with E-state index in [1.807, 2.05) is 25.7 Å². The van der Waals surface area contributed by atoms with Crippen LogP contribution in [0.1, 0.15) is 52.9 Å². The molecule has 1 heterocycles. The Labute approximate surface area is 113 Å². The highest BCUT2D eigenvalue weighted by molar-refractivity contribution is 5.71. The first kappa shape index (κ1) is 13.9. The van der Waals surface area contributed by atoms with E-state index in [4.69, 9.17) is 4.74 Å². The number of nitrogens with zero attached hydrogens (tertiary/aromatic N) is 2. The fourth-order valence-corrected chi connectivity index (χ4v) is 2.71. The molecule has 1 saturated carbocycles. The lowest BCUT2D eigenvalue weighted by atomic mass is 9.91. The SMILES string of the molecule is CC(C)(C)N(C(=O)Oc1cnoc1)C1CCCCC1. The zero-order chi connectivity index (χ0) is 13.9. The maximum atomic E-state index is 12.4. The van der Waals surface area contributed by atoms with Crippen LogP contribution in [0.25, 0.3) is 0 Å². The number of rotatable bonds is 2. The van der Waals surface area contributed by atoms with Gasteiger partial charge in [-0.05, 0) is 33.6 Å². The van der Waals surface area contributed by atoms with Crippen molar-refractivity contribution in [1.82, 2.24) is 10.1 Å². The molecule has 0 bridgehead atoms. The van der Waals surface area contributed by atoms with Crippen molar-refractivity contribution in [2.24, 2.45) is 0 Å². The van der Waals surface area contributed by atoms with E-state index in [1.165, 1.54) is 31.7 Å². The van der Waals surface area contributed by atoms with Crippen molar-refractivity contribution >= 4 is 6.09 Å². The lowest BCUT2D eigenvalue weighted by Crippen LogP contribution is -2.53. The van der Waals surface area contributed by atoms with Crippen LogP contribution in [0.4, 0.5) is 4.79 Å². The molecule has 0 saturated heterocycles. The fraction of sp³-hybridized carbons (Fsp3) is 0.714. The van der Waals surface area contributed by atoms with Crippen LogP contribution in [-0.2, 0) is 0 Å². The van der Waals surface area contributed by atoms with Gasteiger partial charge in [0.15, 0.2) is 12.0 Å². The maximum Gasteiger partial charge on any atom is 0.416 e. The molecule has 0 aromatic carbocycles. The molecule has 106 valence electrons. The van der Waals surface area contributed by atoms with Gasteiger partial charge < -0.3 is 14.2 Å². The van der Waals surface area contributed by atoms with E-state index in [1.54, 1.807) is 0 Å². The van der Waals surface area contributed by atoms with Crippen molar-refractivity contribution in [2.45, 2.75) is 64.5 Å². The number of hydrogen-bond acceptors (Lipinski definition) is 4. The number of hydrogen-bond donors (Lipinski definition) is 0. The predicted molar refractivity (Wildman–Crippen MR) is 71.0 cm³/mol. The molecule has 1 fully saturated rings. The van der Waals surface area contributed by atoms with E-state index in [2.05, 4.69) is 9.68 Å². The summed E-state index contributed by atoms with van der Waals surface area (Å²) in [6.07, 6.45) is 8.14. The van der Waals surface area contributed by atoms with Gasteiger partial charge in [-0.2, -0.15) is 0 Å². The smallest absolute Gasteiger partial charge is 0.405 e. The topological polar surface area (TPSA) is 55.6 Å². The van der Waals surface area contributed by atoms with Gasteiger partial charge in [0.1, 0.15) is 6.20 Å². The van der Waals surface area contributed by atoms with E-state index >= 15 is 0 Å². The van der Waals surface area contributed by atoms with E-state index in [0.717, 1.165) is 12.8 Å². The molecule has 2 rings (SSSR count). The van der Waals surface area contributed by atoms with Crippen molar-refractivity contribution in [3.63, 3.8) is 0 Å². The van der Waals surface area contributed by atoms with Gasteiger partial charge in [0.25, 0.3) is 0 Å². The first-order valence-corrected chi connectivity index (χ1v) is 6.89. The summed E-state index contributed by atoms with van der Waals surface area (Å²) in [7, 11) is 0. The molecule has 1 aromatic rings. The third kappa shape index (κ3) is 3.49. The lowest BCUT2D eigenvalue weighted by Gasteiger charge is -2.42. The standard InChI is InChI=1S/C14H22N2O3/c1-14(2,3)16(11-7-5-4-6-8-11)13(17)19-12-9-15-18-10-12/h9-11H,4-8H2,1-3H3. The second-order valence-electron chi connectivity index (χ2n) is 6.06. The first-order chi connectivity index (χ1) is 8.98. The second kappa shape index (κ2) is 5.63. The number of carbonyl (C=O) groups excluding carboxylic acids is 1. The second-order valence-corrected chi connectivity index (χ2v) is 6.06. The normalized spacial score (nSPS) is 17.2. The van der Waals surface area contributed by atoms with E-state index in [9.17, 15) is 4.79 Å². The Morgan fingerprint density at radius 3 is 2.58 bits per heavy atom. The van der Waals surface area contributed by atoms with Crippen molar-refractivity contribution in [2.75, 3.05) is 0 Å². The van der Waals surface area contributed by atoms with Gasteiger partial charge >= 0.3 is 6.09 Å². The van der Waals surface area contributed by atoms with E-state index in [-0.39, 0.29) is 17.7 Å². The molecule has 0 aliphatic heterocycles. The third-order valence-electron chi connectivity index (χ3n) is 3.47. The van der Waals surface area contributed by atoms with Crippen molar-refractivity contribution in [1.29, 1.82) is 0 Å². The van der Waals surface area contributed by atoms with Gasteiger partial charge in [-0.15, -0.1) is 0 Å². The van der Waals surface area contributed by atoms with Crippen molar-refractivity contribution in [3.05, 3.63) is 12.5 Å². The first-order valence-electron chi connectivity index (χ1n) is 6.89. The minimum absolute atomic E-state index is 0.254. The van der Waals surface area contributed by atoms with Gasteiger partial charge in [-0.3, -0.25) is 0 Å². The van der Waals surface area contributed by atoms with Crippen LogP contribution in [0.15, 0.2) is 17.0 Å². The van der Waals surface area contributed by atoms with Crippen LogP contribution in [0.5, 0.6) is 5.75 Å². The van der Waals surface area contributed by atoms with Gasteiger partial charge in [-0.1, -0.05) is 24.4 Å².